The summed E-state index contributed by atoms with van der Waals surface area (Å²) in [5.74, 6) is 0.720. The maximum atomic E-state index is 13.0. The predicted octanol–water partition coefficient (Wildman–Crippen LogP) is 5.05. The van der Waals surface area contributed by atoms with E-state index < -0.39 is 11.7 Å². The molecule has 3 aromatic heterocycles. The fraction of sp³-hybridized carbons (Fsp3) is 0.333. The first kappa shape index (κ1) is 22.1. The van der Waals surface area contributed by atoms with E-state index in [4.69, 9.17) is 4.52 Å². The lowest BCUT2D eigenvalue weighted by Crippen LogP contribution is -2.25. The molecule has 168 valence electrons. The molecule has 11 heteroatoms. The van der Waals surface area contributed by atoms with Crippen molar-refractivity contribution < 1.29 is 17.7 Å². The first-order valence-electron chi connectivity index (χ1n) is 9.85. The molecular formula is C21H20F3N5O2S. The smallest absolute Gasteiger partial charge is 0.353 e. The summed E-state index contributed by atoms with van der Waals surface area (Å²) in [5.41, 5.74) is 1.13. The van der Waals surface area contributed by atoms with Crippen molar-refractivity contribution in [3.63, 3.8) is 0 Å². The van der Waals surface area contributed by atoms with Crippen molar-refractivity contribution in [1.82, 2.24) is 24.7 Å². The van der Waals surface area contributed by atoms with E-state index in [0.29, 0.717) is 22.7 Å². The zero-order chi connectivity index (χ0) is 23.0. The van der Waals surface area contributed by atoms with E-state index in [-0.39, 0.29) is 34.5 Å². The van der Waals surface area contributed by atoms with Crippen LogP contribution in [0.3, 0.4) is 0 Å². The number of halogens is 3. The third-order valence-corrected chi connectivity index (χ3v) is 5.59. The number of fused-ring (bicyclic) bond motifs is 1. The van der Waals surface area contributed by atoms with Gasteiger partial charge in [-0.1, -0.05) is 42.9 Å². The van der Waals surface area contributed by atoms with Gasteiger partial charge in [0.15, 0.2) is 5.16 Å². The lowest BCUT2D eigenvalue weighted by Gasteiger charge is -2.13. The predicted molar refractivity (Wildman–Crippen MR) is 114 cm³/mol. The van der Waals surface area contributed by atoms with Gasteiger partial charge < -0.3 is 9.51 Å². The largest absolute Gasteiger partial charge is 0.416 e. The molecule has 1 N–H and O–H groups in total. The number of benzene rings is 1. The Hall–Kier alpha value is -3.08. The molecule has 4 rings (SSSR count). The summed E-state index contributed by atoms with van der Waals surface area (Å²) in [6, 6.07) is 6.55. The van der Waals surface area contributed by atoms with Gasteiger partial charge in [0.05, 0.1) is 16.8 Å². The topological polar surface area (TPSA) is 89.6 Å². The van der Waals surface area contributed by atoms with Gasteiger partial charge >= 0.3 is 6.18 Å². The molecule has 0 unspecified atom stereocenters. The third-order valence-electron chi connectivity index (χ3n) is 4.63. The number of nitrogens with one attached hydrogen (secondary N) is 1. The molecule has 0 aliphatic rings. The maximum Gasteiger partial charge on any atom is 0.416 e. The highest BCUT2D eigenvalue weighted by molar-refractivity contribution is 7.98. The molecule has 0 saturated heterocycles. The van der Waals surface area contributed by atoms with Crippen LogP contribution in [0, 0.1) is 12.8 Å². The first-order valence-corrected chi connectivity index (χ1v) is 10.8. The van der Waals surface area contributed by atoms with E-state index in [1.165, 1.54) is 23.9 Å². The van der Waals surface area contributed by atoms with E-state index in [1.54, 1.807) is 10.6 Å². The minimum atomic E-state index is -4.46. The number of nitrogens with zero attached hydrogens (tertiary/aromatic N) is 4. The molecule has 7 nitrogen and oxygen atoms in total. The summed E-state index contributed by atoms with van der Waals surface area (Å²) in [6.07, 6.45) is -4.46. The number of H-pyrrole nitrogens is 1. The van der Waals surface area contributed by atoms with Crippen LogP contribution in [0.5, 0.6) is 0 Å². The van der Waals surface area contributed by atoms with Crippen LogP contribution >= 0.6 is 11.8 Å². The molecule has 1 aromatic carbocycles. The number of aromatic amines is 1. The van der Waals surface area contributed by atoms with Crippen molar-refractivity contribution >= 4 is 22.8 Å². The number of rotatable bonds is 6. The normalized spacial score (nSPS) is 12.2. The Bertz CT molecular complexity index is 1320. The fourth-order valence-corrected chi connectivity index (χ4v) is 4.08. The molecule has 0 spiro atoms. The van der Waals surface area contributed by atoms with Crippen LogP contribution in [-0.2, 0) is 18.5 Å². The summed E-state index contributed by atoms with van der Waals surface area (Å²) in [6.45, 7) is 6.35. The average Bonchev–Trinajstić information content (AvgIpc) is 3.34. The SMILES string of the molecule is Cc1cc2nc(SCc3nc(-c4cccc(C(F)(F)F)c4)no3)n(CC(C)C)c(=O)c2[nH]1. The quantitative estimate of drug-likeness (QED) is 0.318. The molecule has 3 heterocycles. The summed E-state index contributed by atoms with van der Waals surface area (Å²) in [7, 11) is 0. The molecule has 0 saturated carbocycles. The second-order valence-electron chi connectivity index (χ2n) is 7.80. The Kier molecular flexibility index (Phi) is 5.85. The number of aromatic nitrogens is 5. The molecule has 0 aliphatic heterocycles. The number of hydrogen-bond donors (Lipinski definition) is 1. The minimum Gasteiger partial charge on any atom is -0.353 e. The highest BCUT2D eigenvalue weighted by Gasteiger charge is 2.30. The Balaban J connectivity index is 1.60. The van der Waals surface area contributed by atoms with Crippen LogP contribution in [-0.4, -0.2) is 24.7 Å². The second kappa shape index (κ2) is 8.45. The third kappa shape index (κ3) is 4.57. The zero-order valence-corrected chi connectivity index (χ0v) is 18.3. The number of alkyl halides is 3. The van der Waals surface area contributed by atoms with Crippen molar-refractivity contribution in [3.8, 4) is 11.4 Å². The van der Waals surface area contributed by atoms with Crippen molar-refractivity contribution in [2.24, 2.45) is 5.92 Å². The van der Waals surface area contributed by atoms with Gasteiger partial charge in [-0.05, 0) is 31.0 Å². The van der Waals surface area contributed by atoms with Crippen molar-refractivity contribution in [2.75, 3.05) is 0 Å². The van der Waals surface area contributed by atoms with E-state index in [0.717, 1.165) is 17.8 Å². The molecular weight excluding hydrogens is 443 g/mol. The fourth-order valence-electron chi connectivity index (χ4n) is 3.24. The van der Waals surface area contributed by atoms with Gasteiger partial charge in [-0.15, -0.1) is 0 Å². The van der Waals surface area contributed by atoms with E-state index in [1.807, 2.05) is 20.8 Å². The van der Waals surface area contributed by atoms with E-state index in [9.17, 15) is 18.0 Å². The lowest BCUT2D eigenvalue weighted by atomic mass is 10.1. The van der Waals surface area contributed by atoms with Gasteiger partial charge in [0.2, 0.25) is 11.7 Å². The van der Waals surface area contributed by atoms with E-state index >= 15 is 0 Å². The standard InChI is InChI=1S/C21H20F3N5O2S/c1-11(2)9-29-19(30)17-15(7-12(3)25-17)26-20(29)32-10-16-27-18(28-31-16)13-5-4-6-14(8-13)21(22,23)24/h4-8,11,25H,9-10H2,1-3H3. The van der Waals surface area contributed by atoms with Crippen LogP contribution in [0.1, 0.15) is 31.0 Å². The van der Waals surface area contributed by atoms with Crippen LogP contribution in [0.2, 0.25) is 0 Å². The molecule has 0 amide bonds. The van der Waals surface area contributed by atoms with Crippen LogP contribution in [0.4, 0.5) is 13.2 Å². The first-order chi connectivity index (χ1) is 15.1. The van der Waals surface area contributed by atoms with Crippen LogP contribution in [0.15, 0.2) is 44.8 Å². The molecule has 0 atom stereocenters. The van der Waals surface area contributed by atoms with Gasteiger partial charge in [-0.25, -0.2) is 4.98 Å². The van der Waals surface area contributed by atoms with Gasteiger partial charge in [0, 0.05) is 17.8 Å². The second-order valence-corrected chi connectivity index (χ2v) is 8.74. The highest BCUT2D eigenvalue weighted by Crippen LogP contribution is 2.32. The minimum absolute atomic E-state index is 0.0657. The molecule has 0 aliphatic carbocycles. The van der Waals surface area contributed by atoms with Crippen molar-refractivity contribution in [3.05, 3.63) is 57.8 Å². The number of thioether (sulfide) groups is 1. The zero-order valence-electron chi connectivity index (χ0n) is 17.5. The Morgan fingerprint density at radius 3 is 2.72 bits per heavy atom. The lowest BCUT2D eigenvalue weighted by molar-refractivity contribution is -0.137. The Morgan fingerprint density at radius 1 is 1.22 bits per heavy atom. The summed E-state index contributed by atoms with van der Waals surface area (Å²) >= 11 is 1.26. The number of aryl methyl sites for hydroxylation is 1. The average molecular weight is 463 g/mol. The summed E-state index contributed by atoms with van der Waals surface area (Å²) < 4.78 is 45.7. The Labute approximate surface area is 185 Å². The van der Waals surface area contributed by atoms with Crippen LogP contribution < -0.4 is 5.56 Å². The van der Waals surface area contributed by atoms with Crippen molar-refractivity contribution in [2.45, 2.75) is 44.4 Å². The van der Waals surface area contributed by atoms with Gasteiger partial charge in [-0.3, -0.25) is 9.36 Å². The van der Waals surface area contributed by atoms with Gasteiger partial charge in [0.25, 0.3) is 5.56 Å². The Morgan fingerprint density at radius 2 is 2.00 bits per heavy atom. The van der Waals surface area contributed by atoms with Gasteiger partial charge in [-0.2, -0.15) is 18.2 Å². The highest BCUT2D eigenvalue weighted by atomic mass is 32.2. The molecule has 0 bridgehead atoms. The molecule has 32 heavy (non-hydrogen) atoms. The molecule has 0 radical (unpaired) electrons. The molecule has 4 aromatic rings. The summed E-state index contributed by atoms with van der Waals surface area (Å²) in [4.78, 5) is 24.8. The maximum absolute atomic E-state index is 13.0. The number of hydrogen-bond acceptors (Lipinski definition) is 6. The van der Waals surface area contributed by atoms with E-state index in [2.05, 4.69) is 20.1 Å². The molecule has 0 fully saturated rings. The van der Waals surface area contributed by atoms with Crippen molar-refractivity contribution in [1.29, 1.82) is 0 Å². The monoisotopic (exact) mass is 463 g/mol. The summed E-state index contributed by atoms with van der Waals surface area (Å²) in [5, 5.41) is 4.31. The van der Waals surface area contributed by atoms with Crippen LogP contribution in [0.25, 0.3) is 22.4 Å². The van der Waals surface area contributed by atoms with Gasteiger partial charge in [0.1, 0.15) is 5.52 Å².